The number of aliphatic hydroxyl groups excluding tert-OH is 1. The van der Waals surface area contributed by atoms with Crippen molar-refractivity contribution in [3.8, 4) is 0 Å². The number of halogens is 4. The maximum Gasteiger partial charge on any atom is 0.418 e. The van der Waals surface area contributed by atoms with Crippen LogP contribution in [0.3, 0.4) is 0 Å². The molecule has 0 amide bonds. The van der Waals surface area contributed by atoms with Crippen molar-refractivity contribution in [3.63, 3.8) is 0 Å². The second kappa shape index (κ2) is 13.0. The monoisotopic (exact) mass is 513 g/mol. The first-order valence-electron chi connectivity index (χ1n) is 11.7. The van der Waals surface area contributed by atoms with Crippen LogP contribution in [0.1, 0.15) is 39.5 Å². The van der Waals surface area contributed by atoms with E-state index in [1.165, 1.54) is 12.2 Å². The molecule has 0 aliphatic carbocycles. The molecule has 0 spiro atoms. The number of alkyl halides is 4. The van der Waals surface area contributed by atoms with Crippen LogP contribution >= 0.6 is 11.6 Å². The summed E-state index contributed by atoms with van der Waals surface area (Å²) in [4.78, 5) is 6.63. The predicted molar refractivity (Wildman–Crippen MR) is 137 cm³/mol. The van der Waals surface area contributed by atoms with E-state index in [0.717, 1.165) is 30.6 Å². The summed E-state index contributed by atoms with van der Waals surface area (Å²) in [7, 11) is 1.61. The van der Waals surface area contributed by atoms with Crippen LogP contribution in [0.2, 0.25) is 0 Å². The fraction of sp³-hybridized carbons (Fsp3) is 0.500. The zero-order valence-corrected chi connectivity index (χ0v) is 21.4. The second-order valence-corrected chi connectivity index (χ2v) is 9.10. The molecule has 2 rings (SSSR count). The number of aliphatic hydroxyl groups is 1. The van der Waals surface area contributed by atoms with Crippen LogP contribution in [0.5, 0.6) is 0 Å². The quantitative estimate of drug-likeness (QED) is 0.215. The van der Waals surface area contributed by atoms with Crippen molar-refractivity contribution in [2.45, 2.75) is 63.7 Å². The standard InChI is InChI=1S/C26H35ClF3N3O2/c1-6-10-21(35-5)13-12-20(7-2)17-32-15-8-9-16-33-23(19(4)31-25(32)33)22(14-11-18(3)27)24(34)26(28,29)30/h6,10-12,14,18,24,34H,1,4,7-9,13,15-17H2,2-3,5H3/b14-11-,20-12-,21-10+,23-22-. The number of hydrogen-bond donors (Lipinski definition) is 1. The van der Waals surface area contributed by atoms with Crippen molar-refractivity contribution < 1.29 is 23.0 Å². The Morgan fingerprint density at radius 2 is 2.00 bits per heavy atom. The van der Waals surface area contributed by atoms with Gasteiger partial charge in [0.25, 0.3) is 0 Å². The van der Waals surface area contributed by atoms with Crippen LogP contribution in [-0.4, -0.2) is 52.5 Å². The molecule has 0 saturated heterocycles. The van der Waals surface area contributed by atoms with Gasteiger partial charge in [-0.15, -0.1) is 11.6 Å². The largest absolute Gasteiger partial charge is 0.501 e. The smallest absolute Gasteiger partial charge is 0.418 e. The summed E-state index contributed by atoms with van der Waals surface area (Å²) in [6, 6.07) is 0. The molecule has 1 aliphatic rings. The molecule has 0 saturated carbocycles. The van der Waals surface area contributed by atoms with Gasteiger partial charge in [-0.3, -0.25) is 0 Å². The van der Waals surface area contributed by atoms with Crippen LogP contribution in [0.15, 0.2) is 48.3 Å². The van der Waals surface area contributed by atoms with Gasteiger partial charge in [-0.1, -0.05) is 50.0 Å². The van der Waals surface area contributed by atoms with E-state index in [1.807, 2.05) is 6.08 Å². The van der Waals surface area contributed by atoms with Crippen LogP contribution in [0.4, 0.5) is 19.1 Å². The Morgan fingerprint density at radius 1 is 1.31 bits per heavy atom. The lowest BCUT2D eigenvalue weighted by Gasteiger charge is -2.23. The molecule has 2 heterocycles. The number of allylic oxidation sites excluding steroid dienone is 4. The molecule has 9 heteroatoms. The Labute approximate surface area is 210 Å². The maximum absolute atomic E-state index is 13.6. The molecule has 0 fully saturated rings. The summed E-state index contributed by atoms with van der Waals surface area (Å²) in [5.41, 5.74) is 0.845. The van der Waals surface area contributed by atoms with E-state index in [1.54, 1.807) is 24.7 Å². The molecule has 0 aromatic carbocycles. The first-order valence-corrected chi connectivity index (χ1v) is 12.1. The molecule has 35 heavy (non-hydrogen) atoms. The number of fused-ring (bicyclic) bond motifs is 1. The van der Waals surface area contributed by atoms with E-state index in [4.69, 9.17) is 16.3 Å². The number of anilines is 1. The number of hydrogen-bond acceptors (Lipinski definition) is 4. The summed E-state index contributed by atoms with van der Waals surface area (Å²) < 4.78 is 47.8. The normalized spacial score (nSPS) is 18.2. The van der Waals surface area contributed by atoms with Gasteiger partial charge in [-0.25, -0.2) is 4.98 Å². The highest BCUT2D eigenvalue weighted by Crippen LogP contribution is 2.27. The number of aromatic nitrogens is 2. The molecule has 0 bridgehead atoms. The highest BCUT2D eigenvalue weighted by molar-refractivity contribution is 6.21. The lowest BCUT2D eigenvalue weighted by Crippen LogP contribution is -2.40. The van der Waals surface area contributed by atoms with E-state index in [9.17, 15) is 18.3 Å². The Bertz CT molecular complexity index is 1070. The number of ether oxygens (including phenoxy) is 1. The lowest BCUT2D eigenvalue weighted by atomic mass is 10.1. The summed E-state index contributed by atoms with van der Waals surface area (Å²) in [6.45, 7) is 13.1. The van der Waals surface area contributed by atoms with Crippen molar-refractivity contribution in [1.82, 2.24) is 9.55 Å². The minimum Gasteiger partial charge on any atom is -0.501 e. The summed E-state index contributed by atoms with van der Waals surface area (Å²) in [5, 5.41) is 10.1. The van der Waals surface area contributed by atoms with E-state index >= 15 is 0 Å². The number of imidazole rings is 1. The fourth-order valence-electron chi connectivity index (χ4n) is 3.96. The first-order chi connectivity index (χ1) is 16.5. The molecule has 1 aromatic rings. The Hall–Kier alpha value is -2.45. The van der Waals surface area contributed by atoms with Crippen molar-refractivity contribution in [1.29, 1.82) is 0 Å². The van der Waals surface area contributed by atoms with E-state index in [2.05, 4.69) is 36.0 Å². The average molecular weight is 514 g/mol. The zero-order chi connectivity index (χ0) is 26.2. The molecule has 2 atom stereocenters. The maximum atomic E-state index is 13.6. The van der Waals surface area contributed by atoms with Gasteiger partial charge in [0, 0.05) is 37.0 Å². The number of rotatable bonds is 10. The highest BCUT2D eigenvalue weighted by atomic mass is 35.5. The molecule has 1 aromatic heterocycles. The van der Waals surface area contributed by atoms with Gasteiger partial charge in [-0.05, 0) is 32.3 Å². The van der Waals surface area contributed by atoms with Gasteiger partial charge in [0.05, 0.1) is 23.6 Å². The van der Waals surface area contributed by atoms with Crippen LogP contribution in [0.25, 0.3) is 12.2 Å². The minimum absolute atomic E-state index is 0.183. The molecule has 0 radical (unpaired) electrons. The number of nitrogens with zero attached hydrogens (tertiary/aromatic N) is 3. The summed E-state index contributed by atoms with van der Waals surface area (Å²) in [6.07, 6.45) is 3.74. The fourth-order valence-corrected chi connectivity index (χ4v) is 4.03. The van der Waals surface area contributed by atoms with Crippen LogP contribution in [0, 0.1) is 0 Å². The molecule has 2 unspecified atom stereocenters. The van der Waals surface area contributed by atoms with E-state index in [-0.39, 0.29) is 16.3 Å². The van der Waals surface area contributed by atoms with Crippen molar-refractivity contribution in [2.75, 3.05) is 25.1 Å². The average Bonchev–Trinajstić information content (AvgIpc) is 2.99. The van der Waals surface area contributed by atoms with Gasteiger partial charge >= 0.3 is 6.18 Å². The third-order valence-electron chi connectivity index (χ3n) is 5.79. The molecular weight excluding hydrogens is 479 g/mol. The molecule has 5 nitrogen and oxygen atoms in total. The van der Waals surface area contributed by atoms with Crippen LogP contribution in [-0.2, 0) is 11.3 Å². The summed E-state index contributed by atoms with van der Waals surface area (Å²) in [5.74, 6) is 1.33. The van der Waals surface area contributed by atoms with E-state index in [0.29, 0.717) is 32.0 Å². The Morgan fingerprint density at radius 3 is 2.57 bits per heavy atom. The van der Waals surface area contributed by atoms with Crippen molar-refractivity contribution in [3.05, 3.63) is 59.0 Å². The minimum atomic E-state index is -4.84. The second-order valence-electron chi connectivity index (χ2n) is 8.42. The summed E-state index contributed by atoms with van der Waals surface area (Å²) >= 11 is 5.96. The number of methoxy groups -OCH3 is 1. The van der Waals surface area contributed by atoms with E-state index < -0.39 is 17.7 Å². The van der Waals surface area contributed by atoms with Gasteiger partial charge < -0.3 is 19.3 Å². The third-order valence-corrected chi connectivity index (χ3v) is 5.93. The molecule has 1 N–H and O–H groups in total. The first kappa shape index (κ1) is 28.8. The predicted octanol–water partition coefficient (Wildman–Crippen LogP) is 4.59. The van der Waals surface area contributed by atoms with Gasteiger partial charge in [-0.2, -0.15) is 13.2 Å². The molecule has 1 aliphatic heterocycles. The molecular formula is C26H35ClF3N3O2. The van der Waals surface area contributed by atoms with Crippen molar-refractivity contribution in [2.24, 2.45) is 0 Å². The Kier molecular flexibility index (Phi) is 10.7. The van der Waals surface area contributed by atoms with Gasteiger partial charge in [0.2, 0.25) is 5.95 Å². The topological polar surface area (TPSA) is 50.5 Å². The van der Waals surface area contributed by atoms with Crippen LogP contribution < -0.4 is 15.6 Å². The van der Waals surface area contributed by atoms with Gasteiger partial charge in [0.1, 0.15) is 0 Å². The molecule has 194 valence electrons. The zero-order valence-electron chi connectivity index (χ0n) is 20.6. The lowest BCUT2D eigenvalue weighted by molar-refractivity contribution is -0.184. The SMILES string of the molecule is C=C/C=C(\C/C=C(/CC)CN1CCCCn2c1nc(=C)/c2=C(\C=C/C(C)Cl)C(O)C(F)(F)F)OC. The van der Waals surface area contributed by atoms with Gasteiger partial charge in [0.15, 0.2) is 6.10 Å². The van der Waals surface area contributed by atoms with Crippen molar-refractivity contribution >= 4 is 29.7 Å². The third kappa shape index (κ3) is 7.77. The Balaban J connectivity index is 2.60. The highest BCUT2D eigenvalue weighted by Gasteiger charge is 2.41.